The first-order chi connectivity index (χ1) is 20.4. The summed E-state index contributed by atoms with van der Waals surface area (Å²) in [5, 5.41) is 64.9. The second kappa shape index (κ2) is 9.10. The monoisotopic (exact) mass is 612 g/mol. The Morgan fingerprint density at radius 1 is 0.860 bits per heavy atom. The van der Waals surface area contributed by atoms with Crippen LogP contribution in [0.2, 0.25) is 0 Å². The van der Waals surface area contributed by atoms with Crippen molar-refractivity contribution in [2.24, 2.45) is 0 Å². The molecule has 0 aliphatic carbocycles. The minimum atomic E-state index is -4.11. The highest BCUT2D eigenvalue weighted by atomic mass is 32.2. The molecular weight excluding hydrogens is 588 g/mol. The van der Waals surface area contributed by atoms with Crippen LogP contribution in [0.1, 0.15) is 26.9 Å². The van der Waals surface area contributed by atoms with Gasteiger partial charge in [0.2, 0.25) is 10.0 Å². The second-order valence-corrected chi connectivity index (χ2v) is 12.3. The molecular formula is C27H24N4O11S. The maximum atomic E-state index is 13.9. The first-order valence-electron chi connectivity index (χ1n) is 13.0. The number of hydrazine groups is 1. The summed E-state index contributed by atoms with van der Waals surface area (Å²) in [5.41, 5.74) is -0.0396. The van der Waals surface area contributed by atoms with Crippen LogP contribution in [-0.4, -0.2) is 103 Å². The van der Waals surface area contributed by atoms with E-state index in [2.05, 4.69) is 4.98 Å². The molecule has 5 aromatic rings. The maximum absolute atomic E-state index is 13.9. The van der Waals surface area contributed by atoms with Crippen LogP contribution in [-0.2, 0) is 14.8 Å². The molecule has 5 atom stereocenters. The predicted octanol–water partition coefficient (Wildman–Crippen LogP) is -0.127. The lowest BCUT2D eigenvalue weighted by Crippen LogP contribution is -2.56. The van der Waals surface area contributed by atoms with Gasteiger partial charge in [-0.05, 0) is 12.1 Å². The molecule has 7 rings (SSSR count). The molecule has 8 N–H and O–H groups in total. The lowest BCUT2D eigenvalue weighted by atomic mass is 9.96. The van der Waals surface area contributed by atoms with E-state index in [0.717, 1.165) is 6.26 Å². The normalized spacial score (nSPS) is 24.7. The van der Waals surface area contributed by atoms with Gasteiger partial charge in [0.1, 0.15) is 35.9 Å². The standard InChI is InChI=1S/C27H24N4O11S/c1-43(40,41)29-31-25(38)16-14-9-4-2-6-11(33)18(9)28-19(14)21-15(17(16)26(31)39)10-5-3-7-12(34)20(10)30(21)27-24(37)23(36)22(35)13(8-32)42-27/h2-7,13,22-24,27-29,32-37H,8H2,1H3. The average molecular weight is 613 g/mol. The van der Waals surface area contributed by atoms with Gasteiger partial charge in [-0.15, -0.1) is 4.83 Å². The SMILES string of the molecule is CS(=O)(=O)NN1C(=O)c2c(c3c4cccc(O)c4n(C4OC(CO)C(O)C(O)C4O)c3c3[nH]c4c(O)cccc4c23)C1=O. The quantitative estimate of drug-likeness (QED) is 0.125. The molecule has 2 aromatic heterocycles. The highest BCUT2D eigenvalue weighted by Gasteiger charge is 2.48. The first-order valence-corrected chi connectivity index (χ1v) is 14.9. The summed E-state index contributed by atoms with van der Waals surface area (Å²) in [5.74, 6) is -2.58. The number of sulfonamides is 1. The number of aromatic nitrogens is 2. The summed E-state index contributed by atoms with van der Waals surface area (Å²) < 4.78 is 31.4. The Bertz CT molecular complexity index is 2150. The number of carbonyl (C=O) groups excluding carboxylic acids is 2. The van der Waals surface area contributed by atoms with Crippen molar-refractivity contribution in [3.8, 4) is 11.5 Å². The zero-order chi connectivity index (χ0) is 30.7. The van der Waals surface area contributed by atoms with Crippen LogP contribution in [0.3, 0.4) is 0 Å². The zero-order valence-corrected chi connectivity index (χ0v) is 22.9. The summed E-state index contributed by atoms with van der Waals surface area (Å²) in [6.07, 6.45) is -7.45. The summed E-state index contributed by atoms with van der Waals surface area (Å²) in [6, 6.07) is 8.78. The molecule has 16 heteroatoms. The number of benzene rings is 3. The Hall–Kier alpha value is -4.29. The lowest BCUT2D eigenvalue weighted by Gasteiger charge is -2.41. The van der Waals surface area contributed by atoms with E-state index >= 15 is 0 Å². The van der Waals surface area contributed by atoms with Gasteiger partial charge < -0.3 is 44.9 Å². The third kappa shape index (κ3) is 3.65. The number of rotatable bonds is 4. The van der Waals surface area contributed by atoms with Crippen LogP contribution in [0, 0.1) is 0 Å². The number of hydrogen-bond acceptors (Lipinski definition) is 11. The molecule has 4 heterocycles. The van der Waals surface area contributed by atoms with Crippen molar-refractivity contribution >= 4 is 65.4 Å². The molecule has 224 valence electrons. The van der Waals surface area contributed by atoms with Crippen LogP contribution in [0.15, 0.2) is 36.4 Å². The van der Waals surface area contributed by atoms with Gasteiger partial charge in [0, 0.05) is 21.5 Å². The Morgan fingerprint density at radius 2 is 1.49 bits per heavy atom. The minimum absolute atomic E-state index is 0.00539. The van der Waals surface area contributed by atoms with E-state index in [9.17, 15) is 48.6 Å². The van der Waals surface area contributed by atoms with Gasteiger partial charge in [-0.25, -0.2) is 8.42 Å². The number of aromatic hydroxyl groups is 2. The van der Waals surface area contributed by atoms with E-state index in [0.29, 0.717) is 10.4 Å². The number of nitrogens with zero attached hydrogens (tertiary/aromatic N) is 2. The van der Waals surface area contributed by atoms with Crippen molar-refractivity contribution in [1.82, 2.24) is 19.4 Å². The van der Waals surface area contributed by atoms with Gasteiger partial charge in [0.15, 0.2) is 6.23 Å². The number of aromatic amines is 1. The fourth-order valence-corrected chi connectivity index (χ4v) is 6.77. The van der Waals surface area contributed by atoms with E-state index in [-0.39, 0.29) is 60.9 Å². The Morgan fingerprint density at radius 3 is 2.14 bits per heavy atom. The van der Waals surface area contributed by atoms with E-state index < -0.39 is 59.1 Å². The van der Waals surface area contributed by atoms with Gasteiger partial charge in [-0.2, -0.15) is 5.01 Å². The molecule has 0 radical (unpaired) electrons. The molecule has 43 heavy (non-hydrogen) atoms. The fraction of sp³-hybridized carbons (Fsp3) is 0.259. The third-order valence-electron chi connectivity index (χ3n) is 8.01. The van der Waals surface area contributed by atoms with Gasteiger partial charge in [-0.1, -0.05) is 24.3 Å². The van der Waals surface area contributed by atoms with Crippen LogP contribution < -0.4 is 4.83 Å². The summed E-state index contributed by atoms with van der Waals surface area (Å²) >= 11 is 0. The lowest BCUT2D eigenvalue weighted by molar-refractivity contribution is -0.249. The van der Waals surface area contributed by atoms with Gasteiger partial charge in [-0.3, -0.25) is 9.59 Å². The smallest absolute Gasteiger partial charge is 0.277 e. The van der Waals surface area contributed by atoms with Gasteiger partial charge in [0.25, 0.3) is 11.8 Å². The molecule has 2 amide bonds. The number of fused-ring (bicyclic) bond motifs is 10. The summed E-state index contributed by atoms with van der Waals surface area (Å²) in [4.78, 5) is 32.7. The van der Waals surface area contributed by atoms with Crippen LogP contribution in [0.5, 0.6) is 11.5 Å². The predicted molar refractivity (Wildman–Crippen MR) is 150 cm³/mol. The number of aliphatic hydroxyl groups excluding tert-OH is 4. The number of imide groups is 1. The number of para-hydroxylation sites is 2. The number of H-pyrrole nitrogens is 1. The molecule has 2 aliphatic rings. The highest BCUT2D eigenvalue weighted by Crippen LogP contribution is 2.49. The van der Waals surface area contributed by atoms with Crippen molar-refractivity contribution in [3.63, 3.8) is 0 Å². The van der Waals surface area contributed by atoms with Crippen molar-refractivity contribution in [2.45, 2.75) is 30.6 Å². The summed E-state index contributed by atoms with van der Waals surface area (Å²) in [7, 11) is -4.11. The fourth-order valence-electron chi connectivity index (χ4n) is 6.28. The Labute approximate surface area is 240 Å². The van der Waals surface area contributed by atoms with Crippen LogP contribution >= 0.6 is 0 Å². The molecule has 2 aliphatic heterocycles. The molecule has 0 bridgehead atoms. The number of carbonyl (C=O) groups is 2. The number of hydrogen-bond donors (Lipinski definition) is 8. The Kier molecular flexibility index (Phi) is 5.83. The zero-order valence-electron chi connectivity index (χ0n) is 22.1. The molecule has 1 saturated heterocycles. The molecule has 1 fully saturated rings. The number of nitrogens with one attached hydrogen (secondary N) is 2. The van der Waals surface area contributed by atoms with Crippen LogP contribution in [0.25, 0.3) is 43.6 Å². The first kappa shape index (κ1) is 27.5. The largest absolute Gasteiger partial charge is 0.506 e. The molecule has 3 aromatic carbocycles. The van der Waals surface area contributed by atoms with Crippen molar-refractivity contribution in [2.75, 3.05) is 12.9 Å². The molecule has 0 saturated carbocycles. The molecule has 15 nitrogen and oxygen atoms in total. The summed E-state index contributed by atoms with van der Waals surface area (Å²) in [6.45, 7) is -0.741. The number of amides is 2. The topological polar surface area (TPSA) is 235 Å². The number of ether oxygens (including phenoxy) is 1. The minimum Gasteiger partial charge on any atom is -0.506 e. The van der Waals surface area contributed by atoms with Crippen molar-refractivity contribution < 1.29 is 53.4 Å². The third-order valence-corrected chi connectivity index (χ3v) is 8.53. The van der Waals surface area contributed by atoms with Crippen molar-refractivity contribution in [3.05, 3.63) is 47.5 Å². The highest BCUT2D eigenvalue weighted by molar-refractivity contribution is 7.88. The number of phenols is 2. The second-order valence-electron chi connectivity index (χ2n) is 10.6. The average Bonchev–Trinajstić information content (AvgIpc) is 3.58. The van der Waals surface area contributed by atoms with E-state index in [1.54, 1.807) is 6.07 Å². The maximum Gasteiger partial charge on any atom is 0.277 e. The van der Waals surface area contributed by atoms with Crippen LogP contribution in [0.4, 0.5) is 0 Å². The van der Waals surface area contributed by atoms with E-state index in [1.807, 2.05) is 4.83 Å². The van der Waals surface area contributed by atoms with E-state index in [4.69, 9.17) is 4.74 Å². The van der Waals surface area contributed by atoms with Gasteiger partial charge in [0.05, 0.1) is 46.1 Å². The molecule has 5 unspecified atom stereocenters. The van der Waals surface area contributed by atoms with Crippen molar-refractivity contribution in [1.29, 1.82) is 0 Å². The Balaban J connectivity index is 1.71. The van der Waals surface area contributed by atoms with E-state index in [1.165, 1.54) is 34.9 Å². The van der Waals surface area contributed by atoms with Gasteiger partial charge >= 0.3 is 0 Å². The number of phenolic OH excluding ortho intramolecular Hbond substituents is 2. The molecule has 0 spiro atoms. The number of aliphatic hydroxyl groups is 4.